The highest BCUT2D eigenvalue weighted by Gasteiger charge is 2.07. The summed E-state index contributed by atoms with van der Waals surface area (Å²) in [5.74, 6) is 0. The third-order valence-corrected chi connectivity index (χ3v) is 3.14. The molecular formula is C14H15N3O2. The second-order valence-corrected chi connectivity index (χ2v) is 4.44. The van der Waals surface area contributed by atoms with Crippen molar-refractivity contribution in [2.75, 3.05) is 0 Å². The minimum absolute atomic E-state index is 0.0890. The van der Waals surface area contributed by atoms with E-state index in [2.05, 4.69) is 4.99 Å². The molecule has 1 heterocycles. The Bertz CT molecular complexity index is 657. The van der Waals surface area contributed by atoms with Crippen molar-refractivity contribution in [3.05, 3.63) is 57.4 Å². The van der Waals surface area contributed by atoms with Crippen molar-refractivity contribution in [1.29, 1.82) is 0 Å². The standard InChI is InChI=1S/C14H15N3O2/c1-10-8-12(17(18)19)6-7-14(10)15-9-13-5-4-11(2)16(13)3/h4-9H,1-3H3. The third kappa shape index (κ3) is 2.70. The average Bonchev–Trinajstić information content (AvgIpc) is 2.68. The van der Waals surface area contributed by atoms with E-state index in [-0.39, 0.29) is 5.69 Å². The number of aryl methyl sites for hydroxylation is 2. The van der Waals surface area contributed by atoms with Gasteiger partial charge in [0.15, 0.2) is 0 Å². The lowest BCUT2D eigenvalue weighted by molar-refractivity contribution is -0.384. The number of aromatic nitrogens is 1. The molecule has 5 nitrogen and oxygen atoms in total. The van der Waals surface area contributed by atoms with Crippen LogP contribution >= 0.6 is 0 Å². The van der Waals surface area contributed by atoms with Crippen molar-refractivity contribution in [2.24, 2.45) is 12.0 Å². The van der Waals surface area contributed by atoms with Crippen LogP contribution in [0.3, 0.4) is 0 Å². The predicted molar refractivity (Wildman–Crippen MR) is 75.2 cm³/mol. The van der Waals surface area contributed by atoms with Crippen molar-refractivity contribution in [2.45, 2.75) is 13.8 Å². The molecule has 98 valence electrons. The molecule has 0 fully saturated rings. The fourth-order valence-corrected chi connectivity index (χ4v) is 1.80. The molecule has 0 saturated heterocycles. The van der Waals surface area contributed by atoms with E-state index >= 15 is 0 Å². The minimum atomic E-state index is -0.402. The van der Waals surface area contributed by atoms with Gasteiger partial charge in [0.2, 0.25) is 0 Å². The highest BCUT2D eigenvalue weighted by molar-refractivity contribution is 5.81. The van der Waals surface area contributed by atoms with Crippen LogP contribution in [0.2, 0.25) is 0 Å². The van der Waals surface area contributed by atoms with Gasteiger partial charge in [-0.2, -0.15) is 0 Å². The van der Waals surface area contributed by atoms with Crippen molar-refractivity contribution >= 4 is 17.6 Å². The van der Waals surface area contributed by atoms with Gasteiger partial charge in [-0.1, -0.05) is 0 Å². The Labute approximate surface area is 111 Å². The monoisotopic (exact) mass is 257 g/mol. The summed E-state index contributed by atoms with van der Waals surface area (Å²) in [7, 11) is 1.97. The van der Waals surface area contributed by atoms with Gasteiger partial charge < -0.3 is 4.57 Å². The Hall–Kier alpha value is -2.43. The number of rotatable bonds is 3. The van der Waals surface area contributed by atoms with Crippen molar-refractivity contribution in [3.8, 4) is 0 Å². The maximum Gasteiger partial charge on any atom is 0.269 e. The van der Waals surface area contributed by atoms with Crippen LogP contribution in [0.1, 0.15) is 17.0 Å². The van der Waals surface area contributed by atoms with Crippen LogP contribution in [0.5, 0.6) is 0 Å². The second kappa shape index (κ2) is 5.06. The number of hydrogen-bond acceptors (Lipinski definition) is 3. The van der Waals surface area contributed by atoms with E-state index in [9.17, 15) is 10.1 Å². The van der Waals surface area contributed by atoms with Crippen LogP contribution in [0.25, 0.3) is 0 Å². The zero-order valence-electron chi connectivity index (χ0n) is 11.1. The van der Waals surface area contributed by atoms with Gasteiger partial charge in [0.25, 0.3) is 5.69 Å². The van der Waals surface area contributed by atoms with E-state index in [4.69, 9.17) is 0 Å². The molecule has 0 saturated carbocycles. The van der Waals surface area contributed by atoms with Gasteiger partial charge in [0, 0.05) is 24.9 Å². The second-order valence-electron chi connectivity index (χ2n) is 4.44. The van der Waals surface area contributed by atoms with Crippen LogP contribution in [0.4, 0.5) is 11.4 Å². The molecule has 1 aromatic heterocycles. The summed E-state index contributed by atoms with van der Waals surface area (Å²) >= 11 is 0. The van der Waals surface area contributed by atoms with Gasteiger partial charge in [-0.15, -0.1) is 0 Å². The highest BCUT2D eigenvalue weighted by atomic mass is 16.6. The van der Waals surface area contributed by atoms with Crippen LogP contribution in [0.15, 0.2) is 35.3 Å². The first-order valence-corrected chi connectivity index (χ1v) is 5.90. The van der Waals surface area contributed by atoms with Crippen molar-refractivity contribution in [3.63, 3.8) is 0 Å². The molecule has 2 rings (SSSR count). The fraction of sp³-hybridized carbons (Fsp3) is 0.214. The number of benzene rings is 1. The number of nitro benzene ring substituents is 1. The summed E-state index contributed by atoms with van der Waals surface area (Å²) in [4.78, 5) is 14.6. The average molecular weight is 257 g/mol. The Morgan fingerprint density at radius 1 is 1.26 bits per heavy atom. The van der Waals surface area contributed by atoms with E-state index in [1.807, 2.05) is 37.6 Å². The smallest absolute Gasteiger partial charge is 0.269 e. The third-order valence-electron chi connectivity index (χ3n) is 3.14. The van der Waals surface area contributed by atoms with Crippen molar-refractivity contribution < 1.29 is 4.92 Å². The van der Waals surface area contributed by atoms with E-state index in [1.54, 1.807) is 12.3 Å². The first-order chi connectivity index (χ1) is 8.99. The van der Waals surface area contributed by atoms with Gasteiger partial charge in [-0.3, -0.25) is 15.1 Å². The first-order valence-electron chi connectivity index (χ1n) is 5.90. The first kappa shape index (κ1) is 13.0. The molecular weight excluding hydrogens is 242 g/mol. The largest absolute Gasteiger partial charge is 0.347 e. The Balaban J connectivity index is 2.29. The molecule has 0 bridgehead atoms. The summed E-state index contributed by atoms with van der Waals surface area (Å²) in [6, 6.07) is 8.67. The Morgan fingerprint density at radius 2 is 2.00 bits per heavy atom. The van der Waals surface area contributed by atoms with E-state index in [0.29, 0.717) is 0 Å². The van der Waals surface area contributed by atoms with Crippen LogP contribution in [0, 0.1) is 24.0 Å². The number of nitro groups is 1. The number of nitrogens with zero attached hydrogens (tertiary/aromatic N) is 3. The number of aliphatic imine (C=N–C) groups is 1. The quantitative estimate of drug-likeness (QED) is 0.481. The van der Waals surface area contributed by atoms with E-state index in [1.165, 1.54) is 12.1 Å². The normalized spacial score (nSPS) is 11.1. The zero-order valence-corrected chi connectivity index (χ0v) is 11.1. The summed E-state index contributed by atoms with van der Waals surface area (Å²) in [6.07, 6.45) is 1.77. The topological polar surface area (TPSA) is 60.4 Å². The molecule has 0 radical (unpaired) electrons. The van der Waals surface area contributed by atoms with Gasteiger partial charge in [-0.25, -0.2) is 0 Å². The van der Waals surface area contributed by atoms with E-state index in [0.717, 1.165) is 22.6 Å². The molecule has 0 atom stereocenters. The maximum atomic E-state index is 10.7. The SMILES string of the molecule is Cc1cc([N+](=O)[O-])ccc1N=Cc1ccc(C)n1C. The molecule has 5 heteroatoms. The molecule has 0 aliphatic carbocycles. The summed E-state index contributed by atoms with van der Waals surface area (Å²) < 4.78 is 2.03. The molecule has 2 aromatic rings. The Morgan fingerprint density at radius 3 is 2.53 bits per heavy atom. The lowest BCUT2D eigenvalue weighted by Crippen LogP contribution is -1.96. The molecule has 0 unspecified atom stereocenters. The molecule has 0 aliphatic heterocycles. The predicted octanol–water partition coefficient (Wildman–Crippen LogP) is 3.30. The summed E-state index contributed by atoms with van der Waals surface area (Å²) in [5.41, 5.74) is 3.77. The lowest BCUT2D eigenvalue weighted by atomic mass is 10.2. The van der Waals surface area contributed by atoms with Gasteiger partial charge in [0.1, 0.15) is 0 Å². The molecule has 1 aromatic carbocycles. The maximum absolute atomic E-state index is 10.7. The van der Waals surface area contributed by atoms with Gasteiger partial charge in [0.05, 0.1) is 22.5 Å². The molecule has 19 heavy (non-hydrogen) atoms. The minimum Gasteiger partial charge on any atom is -0.347 e. The van der Waals surface area contributed by atoms with E-state index < -0.39 is 4.92 Å². The van der Waals surface area contributed by atoms with Gasteiger partial charge in [-0.05, 0) is 37.6 Å². The summed E-state index contributed by atoms with van der Waals surface area (Å²) in [6.45, 7) is 3.84. The van der Waals surface area contributed by atoms with Crippen LogP contribution < -0.4 is 0 Å². The fourth-order valence-electron chi connectivity index (χ4n) is 1.80. The number of non-ortho nitro benzene ring substituents is 1. The lowest BCUT2D eigenvalue weighted by Gasteiger charge is -2.01. The van der Waals surface area contributed by atoms with Crippen molar-refractivity contribution in [1.82, 2.24) is 4.57 Å². The Kier molecular flexibility index (Phi) is 3.46. The highest BCUT2D eigenvalue weighted by Crippen LogP contribution is 2.23. The molecule has 0 amide bonds. The van der Waals surface area contributed by atoms with Gasteiger partial charge >= 0.3 is 0 Å². The molecule has 0 aliphatic rings. The summed E-state index contributed by atoms with van der Waals surface area (Å²) in [5, 5.41) is 10.7. The number of hydrogen-bond donors (Lipinski definition) is 0. The zero-order chi connectivity index (χ0) is 14.0. The van der Waals surface area contributed by atoms with Crippen LogP contribution in [-0.4, -0.2) is 15.7 Å². The van der Waals surface area contributed by atoms with Crippen LogP contribution in [-0.2, 0) is 7.05 Å². The molecule has 0 N–H and O–H groups in total. The molecule has 0 spiro atoms.